The molecule has 2 rings (SSSR count). The fraction of sp³-hybridized carbons (Fsp3) is 0.467. The standard InChI is InChI=1S/C15H19N/c1-3-4-9-16-15-10-14(11-15)13-7-5-12(2)6-8-13/h1,5-8,14-16H,4,9-11H2,2H3. The van der Waals surface area contributed by atoms with Crippen LogP contribution in [0.5, 0.6) is 0 Å². The molecule has 0 amide bonds. The Morgan fingerprint density at radius 2 is 2.00 bits per heavy atom. The summed E-state index contributed by atoms with van der Waals surface area (Å²) in [6.07, 6.45) is 8.57. The van der Waals surface area contributed by atoms with Gasteiger partial charge in [-0.1, -0.05) is 29.8 Å². The maximum Gasteiger partial charge on any atom is 0.0211 e. The van der Waals surface area contributed by atoms with Gasteiger partial charge in [-0.15, -0.1) is 12.3 Å². The molecule has 1 aromatic carbocycles. The first-order valence-electron chi connectivity index (χ1n) is 6.03. The first-order chi connectivity index (χ1) is 7.79. The Hall–Kier alpha value is -1.26. The highest BCUT2D eigenvalue weighted by Gasteiger charge is 2.29. The molecule has 0 radical (unpaired) electrons. The van der Waals surface area contributed by atoms with Crippen molar-refractivity contribution >= 4 is 0 Å². The molecule has 0 spiro atoms. The van der Waals surface area contributed by atoms with Crippen LogP contribution in [0.25, 0.3) is 0 Å². The van der Waals surface area contributed by atoms with Crippen LogP contribution in [0.15, 0.2) is 24.3 Å². The monoisotopic (exact) mass is 213 g/mol. The number of nitrogens with one attached hydrogen (secondary N) is 1. The number of hydrogen-bond acceptors (Lipinski definition) is 1. The molecule has 1 saturated carbocycles. The second-order valence-electron chi connectivity index (χ2n) is 4.68. The van der Waals surface area contributed by atoms with E-state index in [-0.39, 0.29) is 0 Å². The molecule has 0 aromatic heterocycles. The molecular weight excluding hydrogens is 194 g/mol. The van der Waals surface area contributed by atoms with Gasteiger partial charge in [-0.3, -0.25) is 0 Å². The van der Waals surface area contributed by atoms with Crippen LogP contribution in [0, 0.1) is 19.3 Å². The average molecular weight is 213 g/mol. The normalized spacial score (nSPS) is 23.5. The van der Waals surface area contributed by atoms with Crippen molar-refractivity contribution in [3.63, 3.8) is 0 Å². The Bertz CT molecular complexity index is 365. The van der Waals surface area contributed by atoms with E-state index in [1.807, 2.05) is 0 Å². The van der Waals surface area contributed by atoms with Gasteiger partial charge in [-0.2, -0.15) is 0 Å². The van der Waals surface area contributed by atoms with Crippen LogP contribution in [0.2, 0.25) is 0 Å². The first-order valence-corrected chi connectivity index (χ1v) is 6.03. The number of benzene rings is 1. The summed E-state index contributed by atoms with van der Waals surface area (Å²) in [7, 11) is 0. The lowest BCUT2D eigenvalue weighted by atomic mass is 9.76. The van der Waals surface area contributed by atoms with Gasteiger partial charge in [-0.05, 0) is 31.2 Å². The van der Waals surface area contributed by atoms with E-state index in [4.69, 9.17) is 6.42 Å². The molecule has 1 heteroatoms. The highest BCUT2D eigenvalue weighted by molar-refractivity contribution is 5.26. The van der Waals surface area contributed by atoms with Crippen molar-refractivity contribution in [2.75, 3.05) is 6.54 Å². The molecule has 0 heterocycles. The van der Waals surface area contributed by atoms with Gasteiger partial charge in [-0.25, -0.2) is 0 Å². The van der Waals surface area contributed by atoms with E-state index in [0.29, 0.717) is 6.04 Å². The van der Waals surface area contributed by atoms with Gasteiger partial charge in [0.05, 0.1) is 0 Å². The zero-order chi connectivity index (χ0) is 11.4. The van der Waals surface area contributed by atoms with E-state index >= 15 is 0 Å². The summed E-state index contributed by atoms with van der Waals surface area (Å²) in [6, 6.07) is 9.61. The summed E-state index contributed by atoms with van der Waals surface area (Å²) >= 11 is 0. The van der Waals surface area contributed by atoms with E-state index in [0.717, 1.165) is 18.9 Å². The molecule has 0 unspecified atom stereocenters. The Balaban J connectivity index is 1.76. The van der Waals surface area contributed by atoms with Crippen LogP contribution >= 0.6 is 0 Å². The molecule has 0 aliphatic heterocycles. The lowest BCUT2D eigenvalue weighted by molar-refractivity contribution is 0.293. The van der Waals surface area contributed by atoms with Gasteiger partial charge in [0.1, 0.15) is 0 Å². The molecule has 16 heavy (non-hydrogen) atoms. The second-order valence-corrected chi connectivity index (χ2v) is 4.68. The van der Waals surface area contributed by atoms with Gasteiger partial charge >= 0.3 is 0 Å². The van der Waals surface area contributed by atoms with Gasteiger partial charge in [0.2, 0.25) is 0 Å². The van der Waals surface area contributed by atoms with Crippen LogP contribution in [-0.4, -0.2) is 12.6 Å². The van der Waals surface area contributed by atoms with Crippen LogP contribution in [0.4, 0.5) is 0 Å². The molecule has 0 atom stereocenters. The zero-order valence-corrected chi connectivity index (χ0v) is 9.87. The molecule has 1 aromatic rings. The Labute approximate surface area is 98.3 Å². The minimum absolute atomic E-state index is 0.680. The molecule has 0 saturated heterocycles. The molecule has 1 N–H and O–H groups in total. The van der Waals surface area contributed by atoms with E-state index < -0.39 is 0 Å². The smallest absolute Gasteiger partial charge is 0.0211 e. The van der Waals surface area contributed by atoms with Crippen molar-refractivity contribution < 1.29 is 0 Å². The second kappa shape index (κ2) is 5.18. The van der Waals surface area contributed by atoms with Crippen LogP contribution in [0.3, 0.4) is 0 Å². The largest absolute Gasteiger partial charge is 0.313 e. The summed E-state index contributed by atoms with van der Waals surface area (Å²) in [4.78, 5) is 0. The van der Waals surface area contributed by atoms with Crippen molar-refractivity contribution in [3.8, 4) is 12.3 Å². The molecular formula is C15H19N. The lowest BCUT2D eigenvalue weighted by Gasteiger charge is -2.36. The minimum atomic E-state index is 0.680. The molecule has 84 valence electrons. The fourth-order valence-corrected chi connectivity index (χ4v) is 2.24. The lowest BCUT2D eigenvalue weighted by Crippen LogP contribution is -2.40. The zero-order valence-electron chi connectivity index (χ0n) is 9.87. The van der Waals surface area contributed by atoms with E-state index in [1.165, 1.54) is 24.0 Å². The predicted molar refractivity (Wildman–Crippen MR) is 68.4 cm³/mol. The van der Waals surface area contributed by atoms with Gasteiger partial charge in [0.25, 0.3) is 0 Å². The highest BCUT2D eigenvalue weighted by Crippen LogP contribution is 2.36. The van der Waals surface area contributed by atoms with Crippen LogP contribution < -0.4 is 5.32 Å². The highest BCUT2D eigenvalue weighted by atomic mass is 14.9. The number of rotatable bonds is 4. The van der Waals surface area contributed by atoms with Gasteiger partial charge < -0.3 is 5.32 Å². The molecule has 1 nitrogen and oxygen atoms in total. The van der Waals surface area contributed by atoms with Crippen molar-refractivity contribution in [1.29, 1.82) is 0 Å². The van der Waals surface area contributed by atoms with Crippen LogP contribution in [-0.2, 0) is 0 Å². The summed E-state index contributed by atoms with van der Waals surface area (Å²) in [5, 5.41) is 3.49. The molecule has 1 aliphatic carbocycles. The Kier molecular flexibility index (Phi) is 3.64. The topological polar surface area (TPSA) is 12.0 Å². The van der Waals surface area contributed by atoms with Crippen LogP contribution in [0.1, 0.15) is 36.3 Å². The van der Waals surface area contributed by atoms with E-state index in [1.54, 1.807) is 0 Å². The maximum atomic E-state index is 5.22. The third-order valence-electron chi connectivity index (χ3n) is 3.39. The van der Waals surface area contributed by atoms with Crippen molar-refractivity contribution in [2.24, 2.45) is 0 Å². The fourth-order valence-electron chi connectivity index (χ4n) is 2.24. The first kappa shape index (κ1) is 11.2. The Morgan fingerprint density at radius 1 is 1.31 bits per heavy atom. The molecule has 0 bridgehead atoms. The van der Waals surface area contributed by atoms with Crippen molar-refractivity contribution in [2.45, 2.75) is 38.1 Å². The van der Waals surface area contributed by atoms with E-state index in [9.17, 15) is 0 Å². The number of aryl methyl sites for hydroxylation is 1. The van der Waals surface area contributed by atoms with Crippen molar-refractivity contribution in [3.05, 3.63) is 35.4 Å². The SMILES string of the molecule is C#CCCNC1CC(c2ccc(C)cc2)C1. The predicted octanol–water partition coefficient (Wildman–Crippen LogP) is 2.85. The quantitative estimate of drug-likeness (QED) is 0.599. The summed E-state index contributed by atoms with van der Waals surface area (Å²) < 4.78 is 0. The summed E-state index contributed by atoms with van der Waals surface area (Å²) in [5.74, 6) is 3.41. The summed E-state index contributed by atoms with van der Waals surface area (Å²) in [5.41, 5.74) is 2.83. The van der Waals surface area contributed by atoms with E-state index in [2.05, 4.69) is 42.4 Å². The molecule has 1 fully saturated rings. The summed E-state index contributed by atoms with van der Waals surface area (Å²) in [6.45, 7) is 3.09. The molecule has 1 aliphatic rings. The number of terminal acetylenes is 1. The average Bonchev–Trinajstić information content (AvgIpc) is 2.23. The minimum Gasteiger partial charge on any atom is -0.313 e. The maximum absolute atomic E-state index is 5.22. The Morgan fingerprint density at radius 3 is 2.62 bits per heavy atom. The van der Waals surface area contributed by atoms with Crippen molar-refractivity contribution in [1.82, 2.24) is 5.32 Å². The third-order valence-corrected chi connectivity index (χ3v) is 3.39. The number of hydrogen-bond donors (Lipinski definition) is 1. The third kappa shape index (κ3) is 2.65. The van der Waals surface area contributed by atoms with Gasteiger partial charge in [0.15, 0.2) is 0 Å². The van der Waals surface area contributed by atoms with Gasteiger partial charge in [0, 0.05) is 19.0 Å².